The molecule has 1 aromatic carbocycles. The first-order chi connectivity index (χ1) is 8.10. The van der Waals surface area contributed by atoms with E-state index in [1.165, 1.54) is 22.3 Å². The van der Waals surface area contributed by atoms with Gasteiger partial charge in [-0.3, -0.25) is 0 Å². The molecular weight excluding hydrogens is 206 g/mol. The zero-order valence-corrected chi connectivity index (χ0v) is 11.4. The molecule has 0 aliphatic carbocycles. The minimum absolute atomic E-state index is 0.386. The summed E-state index contributed by atoms with van der Waals surface area (Å²) in [5.41, 5.74) is 5.49. The Bertz CT molecular complexity index is 389. The van der Waals surface area contributed by atoms with Crippen molar-refractivity contribution < 1.29 is 0 Å². The van der Waals surface area contributed by atoms with Crippen molar-refractivity contribution in [2.24, 2.45) is 0 Å². The Hall–Kier alpha value is -1.26. The van der Waals surface area contributed by atoms with Crippen molar-refractivity contribution in [2.45, 2.75) is 46.6 Å². The lowest BCUT2D eigenvalue weighted by Gasteiger charge is -2.22. The molecule has 1 rings (SSSR count). The van der Waals surface area contributed by atoms with Crippen LogP contribution in [0.15, 0.2) is 12.1 Å². The number of terminal acetylenes is 1. The highest BCUT2D eigenvalue weighted by Gasteiger charge is 2.14. The maximum atomic E-state index is 5.37. The van der Waals surface area contributed by atoms with E-state index in [1.54, 1.807) is 0 Å². The lowest BCUT2D eigenvalue weighted by atomic mass is 9.91. The van der Waals surface area contributed by atoms with Crippen molar-refractivity contribution in [3.8, 4) is 12.3 Å². The van der Waals surface area contributed by atoms with Crippen molar-refractivity contribution in [3.63, 3.8) is 0 Å². The van der Waals surface area contributed by atoms with E-state index in [9.17, 15) is 0 Å². The Labute approximate surface area is 106 Å². The van der Waals surface area contributed by atoms with E-state index in [4.69, 9.17) is 6.42 Å². The smallest absolute Gasteiger partial charge is 0.0334 e. The molecule has 92 valence electrons. The van der Waals surface area contributed by atoms with Crippen LogP contribution in [0, 0.1) is 33.1 Å². The molecular formula is C16H23N. The summed E-state index contributed by atoms with van der Waals surface area (Å²) in [6, 6.07) is 4.89. The number of rotatable bonds is 5. The van der Waals surface area contributed by atoms with Crippen LogP contribution in [0.4, 0.5) is 0 Å². The van der Waals surface area contributed by atoms with Crippen LogP contribution in [0.2, 0.25) is 0 Å². The molecule has 1 nitrogen and oxygen atoms in total. The van der Waals surface area contributed by atoms with Gasteiger partial charge in [0.15, 0.2) is 0 Å². The van der Waals surface area contributed by atoms with Gasteiger partial charge in [-0.2, -0.15) is 0 Å². The monoisotopic (exact) mass is 229 g/mol. The Morgan fingerprint density at radius 3 is 2.29 bits per heavy atom. The minimum Gasteiger partial charge on any atom is -0.310 e. The summed E-state index contributed by atoms with van der Waals surface area (Å²) in [5.74, 6) is 2.74. The molecule has 1 heteroatoms. The zero-order valence-electron chi connectivity index (χ0n) is 11.4. The maximum Gasteiger partial charge on any atom is 0.0334 e. The number of aryl methyl sites for hydroxylation is 3. The first-order valence-corrected chi connectivity index (χ1v) is 6.34. The van der Waals surface area contributed by atoms with E-state index in [0.29, 0.717) is 6.04 Å². The van der Waals surface area contributed by atoms with Crippen LogP contribution in [0.5, 0.6) is 0 Å². The van der Waals surface area contributed by atoms with Gasteiger partial charge in [0, 0.05) is 12.5 Å². The average molecular weight is 229 g/mol. The fourth-order valence-electron chi connectivity index (χ4n) is 2.56. The number of hydrogen-bond acceptors (Lipinski definition) is 1. The minimum atomic E-state index is 0.386. The fraction of sp³-hybridized carbons (Fsp3) is 0.500. The van der Waals surface area contributed by atoms with E-state index in [1.807, 2.05) is 0 Å². The van der Waals surface area contributed by atoms with Gasteiger partial charge in [-0.15, -0.1) is 12.3 Å². The predicted octanol–water partition coefficient (Wildman–Crippen LogP) is 3.68. The molecule has 0 amide bonds. The normalized spacial score (nSPS) is 12.2. The summed E-state index contributed by atoms with van der Waals surface area (Å²) in [7, 11) is 0. The Morgan fingerprint density at radius 1 is 1.24 bits per heavy atom. The van der Waals surface area contributed by atoms with Crippen LogP contribution < -0.4 is 5.32 Å². The molecule has 1 N–H and O–H groups in total. The molecule has 0 heterocycles. The van der Waals surface area contributed by atoms with E-state index in [-0.39, 0.29) is 0 Å². The summed E-state index contributed by atoms with van der Waals surface area (Å²) >= 11 is 0. The topological polar surface area (TPSA) is 12.0 Å². The molecule has 0 radical (unpaired) electrons. The molecule has 0 saturated heterocycles. The summed E-state index contributed by atoms with van der Waals surface area (Å²) < 4.78 is 0. The molecule has 1 atom stereocenters. The van der Waals surface area contributed by atoms with Crippen molar-refractivity contribution in [3.05, 3.63) is 34.4 Å². The third-order valence-electron chi connectivity index (χ3n) is 3.11. The Kier molecular flexibility index (Phi) is 5.25. The van der Waals surface area contributed by atoms with E-state index in [2.05, 4.69) is 51.1 Å². The van der Waals surface area contributed by atoms with Gasteiger partial charge in [-0.25, -0.2) is 0 Å². The van der Waals surface area contributed by atoms with Crippen molar-refractivity contribution in [1.82, 2.24) is 5.32 Å². The highest BCUT2D eigenvalue weighted by atomic mass is 14.9. The zero-order chi connectivity index (χ0) is 12.8. The van der Waals surface area contributed by atoms with Gasteiger partial charge in [0.2, 0.25) is 0 Å². The highest BCUT2D eigenvalue weighted by molar-refractivity contribution is 5.39. The van der Waals surface area contributed by atoms with E-state index < -0.39 is 0 Å². The molecule has 0 bridgehead atoms. The van der Waals surface area contributed by atoms with E-state index >= 15 is 0 Å². The van der Waals surface area contributed by atoms with Crippen LogP contribution >= 0.6 is 0 Å². The maximum absolute atomic E-state index is 5.37. The van der Waals surface area contributed by atoms with Crippen molar-refractivity contribution in [1.29, 1.82) is 0 Å². The molecule has 0 saturated carbocycles. The number of benzene rings is 1. The molecule has 0 aliphatic rings. The molecule has 1 aromatic rings. The molecule has 0 spiro atoms. The number of nitrogens with one attached hydrogen (secondary N) is 1. The van der Waals surface area contributed by atoms with Crippen LogP contribution in [-0.4, -0.2) is 6.54 Å². The third kappa shape index (κ3) is 3.61. The lowest BCUT2D eigenvalue weighted by Crippen LogP contribution is -2.22. The Balaban J connectivity index is 3.05. The van der Waals surface area contributed by atoms with Crippen molar-refractivity contribution >= 4 is 0 Å². The molecule has 0 fully saturated rings. The van der Waals surface area contributed by atoms with Gasteiger partial charge in [0.25, 0.3) is 0 Å². The fourth-order valence-corrected chi connectivity index (χ4v) is 2.56. The van der Waals surface area contributed by atoms with Gasteiger partial charge in [0.1, 0.15) is 0 Å². The largest absolute Gasteiger partial charge is 0.310 e. The summed E-state index contributed by atoms with van der Waals surface area (Å²) in [4.78, 5) is 0. The standard InChI is InChI=1S/C16H23N/c1-6-8-9-15(17-7-2)16-13(4)10-12(3)11-14(16)5/h1,10-11,15,17H,7-9H2,2-5H3. The highest BCUT2D eigenvalue weighted by Crippen LogP contribution is 2.26. The van der Waals surface area contributed by atoms with Crippen molar-refractivity contribution in [2.75, 3.05) is 6.54 Å². The summed E-state index contributed by atoms with van der Waals surface area (Å²) in [6.45, 7) is 9.64. The van der Waals surface area contributed by atoms with Crippen LogP contribution in [0.25, 0.3) is 0 Å². The molecule has 0 aromatic heterocycles. The van der Waals surface area contributed by atoms with E-state index in [0.717, 1.165) is 19.4 Å². The molecule has 0 aliphatic heterocycles. The van der Waals surface area contributed by atoms with Crippen LogP contribution in [0.1, 0.15) is 48.1 Å². The summed E-state index contributed by atoms with van der Waals surface area (Å²) in [5, 5.41) is 3.54. The second-order valence-corrected chi connectivity index (χ2v) is 4.67. The molecule has 17 heavy (non-hydrogen) atoms. The SMILES string of the molecule is C#CCCC(NCC)c1c(C)cc(C)cc1C. The Morgan fingerprint density at radius 2 is 1.82 bits per heavy atom. The average Bonchev–Trinajstić information content (AvgIpc) is 2.24. The van der Waals surface area contributed by atoms with Gasteiger partial charge >= 0.3 is 0 Å². The third-order valence-corrected chi connectivity index (χ3v) is 3.11. The van der Waals surface area contributed by atoms with Crippen LogP contribution in [-0.2, 0) is 0 Å². The first kappa shape index (κ1) is 13.8. The second kappa shape index (κ2) is 6.47. The van der Waals surface area contributed by atoms with Crippen LogP contribution in [0.3, 0.4) is 0 Å². The van der Waals surface area contributed by atoms with Gasteiger partial charge in [-0.05, 0) is 50.4 Å². The second-order valence-electron chi connectivity index (χ2n) is 4.67. The van der Waals surface area contributed by atoms with Gasteiger partial charge < -0.3 is 5.32 Å². The lowest BCUT2D eigenvalue weighted by molar-refractivity contribution is 0.518. The van der Waals surface area contributed by atoms with Gasteiger partial charge in [-0.1, -0.05) is 24.6 Å². The first-order valence-electron chi connectivity index (χ1n) is 6.34. The summed E-state index contributed by atoms with van der Waals surface area (Å²) in [6.07, 6.45) is 7.21. The van der Waals surface area contributed by atoms with Gasteiger partial charge in [0.05, 0.1) is 0 Å². The quantitative estimate of drug-likeness (QED) is 0.760. The number of hydrogen-bond donors (Lipinski definition) is 1. The molecule has 1 unspecified atom stereocenters. The predicted molar refractivity (Wildman–Crippen MR) is 75.1 cm³/mol.